The molecule has 0 unspecified atom stereocenters. The van der Waals surface area contributed by atoms with Gasteiger partial charge in [-0.25, -0.2) is 0 Å². The molecule has 0 fully saturated rings. The Morgan fingerprint density at radius 2 is 2.14 bits per heavy atom. The van der Waals surface area contributed by atoms with Gasteiger partial charge in [-0.1, -0.05) is 19.4 Å². The van der Waals surface area contributed by atoms with Gasteiger partial charge in [0.1, 0.15) is 24.2 Å². The lowest BCUT2D eigenvalue weighted by Crippen LogP contribution is -2.15. The Balaban J connectivity index is 2.19. The molecule has 0 saturated heterocycles. The number of nitrogens with zero attached hydrogens (tertiary/aromatic N) is 1. The molecule has 0 spiro atoms. The van der Waals surface area contributed by atoms with E-state index in [2.05, 4.69) is 13.0 Å². The Morgan fingerprint density at radius 1 is 1.33 bits per heavy atom. The summed E-state index contributed by atoms with van der Waals surface area (Å²) >= 11 is 1.43. The van der Waals surface area contributed by atoms with Crippen molar-refractivity contribution in [3.8, 4) is 28.0 Å². The van der Waals surface area contributed by atoms with E-state index in [9.17, 15) is 5.26 Å². The lowest BCUT2D eigenvalue weighted by atomic mass is 10.0. The van der Waals surface area contributed by atoms with Gasteiger partial charge in [0.25, 0.3) is 0 Å². The number of nitrogens with two attached hydrogens (primary N) is 1. The summed E-state index contributed by atoms with van der Waals surface area (Å²) < 4.78 is 11.4. The molecule has 4 nitrogen and oxygen atoms in total. The molecule has 21 heavy (non-hydrogen) atoms. The zero-order chi connectivity index (χ0) is 14.8. The van der Waals surface area contributed by atoms with Crippen LogP contribution >= 0.6 is 11.3 Å². The zero-order valence-corrected chi connectivity index (χ0v) is 12.6. The second kappa shape index (κ2) is 5.66. The van der Waals surface area contributed by atoms with Crippen LogP contribution in [0, 0.1) is 11.3 Å². The highest BCUT2D eigenvalue weighted by Gasteiger charge is 2.23. The molecule has 1 aliphatic heterocycles. The highest BCUT2D eigenvalue weighted by atomic mass is 32.1. The van der Waals surface area contributed by atoms with E-state index in [0.717, 1.165) is 40.3 Å². The Kier molecular flexibility index (Phi) is 3.72. The van der Waals surface area contributed by atoms with E-state index in [1.807, 2.05) is 18.2 Å². The van der Waals surface area contributed by atoms with Crippen molar-refractivity contribution >= 4 is 17.0 Å². The van der Waals surface area contributed by atoms with Gasteiger partial charge in [-0.15, -0.1) is 11.3 Å². The van der Waals surface area contributed by atoms with Crippen molar-refractivity contribution in [1.29, 1.82) is 5.26 Å². The van der Waals surface area contributed by atoms with Crippen molar-refractivity contribution in [2.75, 3.05) is 18.9 Å². The molecule has 2 N–H and O–H groups in total. The van der Waals surface area contributed by atoms with Gasteiger partial charge in [-0.05, 0) is 24.1 Å². The molecule has 0 radical (unpaired) electrons. The van der Waals surface area contributed by atoms with Crippen LogP contribution in [-0.2, 0) is 6.42 Å². The minimum atomic E-state index is 0.541. The van der Waals surface area contributed by atoms with Gasteiger partial charge >= 0.3 is 0 Å². The van der Waals surface area contributed by atoms with Crippen LogP contribution in [0.1, 0.15) is 23.8 Å². The molecule has 0 bridgehead atoms. The molecule has 0 saturated carbocycles. The average molecular weight is 300 g/mol. The number of nitriles is 1. The van der Waals surface area contributed by atoms with Gasteiger partial charge in [0.15, 0.2) is 11.5 Å². The maximum absolute atomic E-state index is 9.23. The first-order valence-electron chi connectivity index (χ1n) is 6.96. The van der Waals surface area contributed by atoms with E-state index in [4.69, 9.17) is 15.2 Å². The fourth-order valence-corrected chi connectivity index (χ4v) is 3.62. The molecule has 0 atom stereocenters. The van der Waals surface area contributed by atoms with Crippen LogP contribution in [0.15, 0.2) is 18.2 Å². The number of anilines is 1. The van der Waals surface area contributed by atoms with Gasteiger partial charge in [-0.3, -0.25) is 0 Å². The first-order valence-corrected chi connectivity index (χ1v) is 7.78. The van der Waals surface area contributed by atoms with Crippen molar-refractivity contribution in [2.45, 2.75) is 19.8 Å². The third-order valence-corrected chi connectivity index (χ3v) is 4.65. The van der Waals surface area contributed by atoms with E-state index in [1.165, 1.54) is 11.3 Å². The van der Waals surface area contributed by atoms with Crippen molar-refractivity contribution in [3.05, 3.63) is 28.6 Å². The van der Waals surface area contributed by atoms with Crippen LogP contribution < -0.4 is 15.2 Å². The van der Waals surface area contributed by atoms with E-state index < -0.39 is 0 Å². The topological polar surface area (TPSA) is 68.3 Å². The number of ether oxygens (including phenoxy) is 2. The summed E-state index contributed by atoms with van der Waals surface area (Å²) in [5.74, 6) is 1.51. The standard InChI is InChI=1S/C16H16N2O2S/c1-2-4-10-14(18)13(9-17)21-16(10)11-5-3-6-12-15(11)20-8-7-19-12/h3,5-6H,2,4,7-8,18H2,1H3. The zero-order valence-electron chi connectivity index (χ0n) is 11.8. The Hall–Kier alpha value is -2.19. The van der Waals surface area contributed by atoms with Gasteiger partial charge in [-0.2, -0.15) is 5.26 Å². The number of nitrogen functional groups attached to an aromatic ring is 1. The summed E-state index contributed by atoms with van der Waals surface area (Å²) in [5.41, 5.74) is 8.74. The predicted molar refractivity (Wildman–Crippen MR) is 83.9 cm³/mol. The van der Waals surface area contributed by atoms with Crippen LogP contribution in [-0.4, -0.2) is 13.2 Å². The van der Waals surface area contributed by atoms with Crippen LogP contribution in [0.3, 0.4) is 0 Å². The number of thiophene rings is 1. The Bertz CT molecular complexity index is 716. The van der Waals surface area contributed by atoms with Crippen molar-refractivity contribution in [1.82, 2.24) is 0 Å². The van der Waals surface area contributed by atoms with Gasteiger partial charge in [0.05, 0.1) is 5.69 Å². The van der Waals surface area contributed by atoms with E-state index in [-0.39, 0.29) is 0 Å². The number of hydrogen-bond donors (Lipinski definition) is 1. The molecule has 0 amide bonds. The summed E-state index contributed by atoms with van der Waals surface area (Å²) in [6.07, 6.45) is 1.83. The number of benzene rings is 1. The fourth-order valence-electron chi connectivity index (χ4n) is 2.53. The van der Waals surface area contributed by atoms with Crippen molar-refractivity contribution < 1.29 is 9.47 Å². The van der Waals surface area contributed by atoms with Crippen LogP contribution in [0.2, 0.25) is 0 Å². The number of fused-ring (bicyclic) bond motifs is 1. The van der Waals surface area contributed by atoms with Crippen LogP contribution in [0.25, 0.3) is 10.4 Å². The summed E-state index contributed by atoms with van der Waals surface area (Å²) in [6, 6.07) is 8.03. The molecule has 1 aliphatic rings. The van der Waals surface area contributed by atoms with Crippen molar-refractivity contribution in [2.24, 2.45) is 0 Å². The second-order valence-corrected chi connectivity index (χ2v) is 5.86. The SMILES string of the molecule is CCCc1c(-c2cccc3c2OCCO3)sc(C#N)c1N. The molecule has 1 aromatic heterocycles. The Morgan fingerprint density at radius 3 is 2.90 bits per heavy atom. The van der Waals surface area contributed by atoms with E-state index >= 15 is 0 Å². The number of hydrogen-bond acceptors (Lipinski definition) is 5. The molecule has 0 aliphatic carbocycles. The highest BCUT2D eigenvalue weighted by molar-refractivity contribution is 7.16. The van der Waals surface area contributed by atoms with Gasteiger partial charge in [0.2, 0.25) is 0 Å². The maximum atomic E-state index is 9.23. The third-order valence-electron chi connectivity index (χ3n) is 3.46. The molecule has 3 rings (SSSR count). The summed E-state index contributed by atoms with van der Waals surface area (Å²) in [6.45, 7) is 3.21. The monoisotopic (exact) mass is 300 g/mol. The molecule has 2 heterocycles. The molecular weight excluding hydrogens is 284 g/mol. The maximum Gasteiger partial charge on any atom is 0.169 e. The Labute approximate surface area is 127 Å². The quantitative estimate of drug-likeness (QED) is 0.940. The average Bonchev–Trinajstić information content (AvgIpc) is 2.84. The van der Waals surface area contributed by atoms with E-state index in [0.29, 0.717) is 23.8 Å². The highest BCUT2D eigenvalue weighted by Crippen LogP contribution is 2.46. The predicted octanol–water partition coefficient (Wildman–Crippen LogP) is 3.59. The smallest absolute Gasteiger partial charge is 0.169 e. The summed E-state index contributed by atoms with van der Waals surface area (Å²) in [4.78, 5) is 1.59. The molecule has 2 aromatic rings. The number of rotatable bonds is 3. The fraction of sp³-hybridized carbons (Fsp3) is 0.312. The normalized spacial score (nSPS) is 13.0. The molecular formula is C16H16N2O2S. The minimum Gasteiger partial charge on any atom is -0.486 e. The van der Waals surface area contributed by atoms with Gasteiger partial charge < -0.3 is 15.2 Å². The third kappa shape index (κ3) is 2.32. The summed E-state index contributed by atoms with van der Waals surface area (Å²) in [7, 11) is 0. The summed E-state index contributed by atoms with van der Waals surface area (Å²) in [5, 5.41) is 9.23. The van der Waals surface area contributed by atoms with Crippen LogP contribution in [0.4, 0.5) is 5.69 Å². The van der Waals surface area contributed by atoms with Crippen molar-refractivity contribution in [3.63, 3.8) is 0 Å². The first kappa shape index (κ1) is 13.8. The molecule has 5 heteroatoms. The first-order chi connectivity index (χ1) is 10.3. The van der Waals surface area contributed by atoms with Crippen LogP contribution in [0.5, 0.6) is 11.5 Å². The van der Waals surface area contributed by atoms with E-state index in [1.54, 1.807) is 0 Å². The second-order valence-electron chi connectivity index (χ2n) is 4.84. The number of para-hydroxylation sites is 1. The van der Waals surface area contributed by atoms with Gasteiger partial charge in [0, 0.05) is 10.4 Å². The minimum absolute atomic E-state index is 0.541. The lowest BCUT2D eigenvalue weighted by molar-refractivity contribution is 0.172. The molecule has 1 aromatic carbocycles. The largest absolute Gasteiger partial charge is 0.486 e. The molecule has 108 valence electrons. The lowest BCUT2D eigenvalue weighted by Gasteiger charge is -2.21.